The van der Waals surface area contributed by atoms with E-state index in [1.807, 2.05) is 50.2 Å². The van der Waals surface area contributed by atoms with Crippen LogP contribution in [0.2, 0.25) is 0 Å². The molecule has 0 spiro atoms. The average Bonchev–Trinajstić information content (AvgIpc) is 3.24. The Morgan fingerprint density at radius 2 is 1.76 bits per heavy atom. The minimum absolute atomic E-state index is 0.297. The fourth-order valence-electron chi connectivity index (χ4n) is 3.88. The van der Waals surface area contributed by atoms with Crippen molar-refractivity contribution in [2.75, 3.05) is 12.4 Å². The average molecular weight is 440 g/mol. The number of methoxy groups -OCH3 is 1. The van der Waals surface area contributed by atoms with E-state index in [2.05, 4.69) is 5.32 Å². The summed E-state index contributed by atoms with van der Waals surface area (Å²) >= 11 is 0. The van der Waals surface area contributed by atoms with Gasteiger partial charge < -0.3 is 20.2 Å². The van der Waals surface area contributed by atoms with Gasteiger partial charge in [-0.2, -0.15) is 0 Å². The number of furan rings is 1. The highest BCUT2D eigenvalue weighted by atomic mass is 16.5. The number of fused-ring (bicyclic) bond motifs is 1. The third-order valence-corrected chi connectivity index (χ3v) is 5.54. The van der Waals surface area contributed by atoms with Gasteiger partial charge in [0.25, 0.3) is 0 Å². The quantitative estimate of drug-likeness (QED) is 0.384. The van der Waals surface area contributed by atoms with Gasteiger partial charge in [0.05, 0.1) is 13.4 Å². The number of nitrogens with one attached hydrogen (secondary N) is 1. The molecule has 0 atom stereocenters. The molecule has 0 radical (unpaired) electrons. The van der Waals surface area contributed by atoms with Crippen LogP contribution in [0.4, 0.5) is 5.69 Å². The molecule has 4 rings (SSSR count). The fraction of sp³-hybridized carbons (Fsp3) is 0.111. The maximum atomic E-state index is 12.7. The first-order chi connectivity index (χ1) is 15.9. The van der Waals surface area contributed by atoms with Gasteiger partial charge in [-0.25, -0.2) is 0 Å². The molecule has 6 heteroatoms. The number of carbonyl (C=O) groups excluding carboxylic acids is 2. The molecule has 3 aromatic carbocycles. The topological polar surface area (TPSA) is 94.6 Å². The number of anilines is 1. The molecule has 4 aromatic rings. The van der Waals surface area contributed by atoms with Gasteiger partial charge in [0.15, 0.2) is 0 Å². The van der Waals surface area contributed by atoms with Crippen molar-refractivity contribution in [2.24, 2.45) is 5.73 Å². The van der Waals surface area contributed by atoms with Crippen LogP contribution < -0.4 is 15.8 Å². The molecule has 166 valence electrons. The Kier molecular flexibility index (Phi) is 6.00. The molecule has 3 N–H and O–H groups in total. The Morgan fingerprint density at radius 1 is 1.06 bits per heavy atom. The lowest BCUT2D eigenvalue weighted by Crippen LogP contribution is -2.12. The zero-order valence-corrected chi connectivity index (χ0v) is 18.6. The first-order valence-corrected chi connectivity index (χ1v) is 10.4. The number of hydrogen-bond acceptors (Lipinski definition) is 4. The minimum atomic E-state index is -0.518. The number of primary amides is 1. The van der Waals surface area contributed by atoms with Gasteiger partial charge in [0.2, 0.25) is 11.8 Å². The number of benzene rings is 3. The molecule has 0 fully saturated rings. The van der Waals surface area contributed by atoms with E-state index in [1.165, 1.54) is 6.08 Å². The van der Waals surface area contributed by atoms with E-state index >= 15 is 0 Å². The van der Waals surface area contributed by atoms with Crippen LogP contribution in [0.5, 0.6) is 5.75 Å². The van der Waals surface area contributed by atoms with Gasteiger partial charge in [-0.1, -0.05) is 30.3 Å². The molecule has 33 heavy (non-hydrogen) atoms. The van der Waals surface area contributed by atoms with Crippen molar-refractivity contribution in [3.63, 3.8) is 0 Å². The van der Waals surface area contributed by atoms with Crippen LogP contribution >= 0.6 is 0 Å². The smallest absolute Gasteiger partial charge is 0.248 e. The molecule has 0 saturated carbocycles. The summed E-state index contributed by atoms with van der Waals surface area (Å²) in [5.74, 6) is -0.158. The van der Waals surface area contributed by atoms with Crippen LogP contribution in [0.25, 0.3) is 27.7 Å². The summed E-state index contributed by atoms with van der Waals surface area (Å²) in [6.45, 7) is 3.80. The second-order valence-electron chi connectivity index (χ2n) is 7.73. The summed E-state index contributed by atoms with van der Waals surface area (Å²) in [4.78, 5) is 23.9. The number of hydrogen-bond donors (Lipinski definition) is 2. The first kappa shape index (κ1) is 21.9. The van der Waals surface area contributed by atoms with Crippen molar-refractivity contribution in [3.05, 3.63) is 89.7 Å². The highest BCUT2D eigenvalue weighted by Gasteiger charge is 2.18. The fourth-order valence-corrected chi connectivity index (χ4v) is 3.88. The maximum Gasteiger partial charge on any atom is 0.248 e. The molecule has 2 amide bonds. The number of nitrogens with two attached hydrogens (primary N) is 1. The molecule has 1 aromatic heterocycles. The van der Waals surface area contributed by atoms with Gasteiger partial charge in [0, 0.05) is 39.4 Å². The summed E-state index contributed by atoms with van der Waals surface area (Å²) in [6.07, 6.45) is 3.27. The Hall–Kier alpha value is -4.32. The van der Waals surface area contributed by atoms with Crippen molar-refractivity contribution >= 4 is 34.0 Å². The van der Waals surface area contributed by atoms with Gasteiger partial charge in [-0.15, -0.1) is 0 Å². The van der Waals surface area contributed by atoms with Crippen LogP contribution in [0, 0.1) is 6.92 Å². The lowest BCUT2D eigenvalue weighted by atomic mass is 9.96. The van der Waals surface area contributed by atoms with Crippen molar-refractivity contribution < 1.29 is 18.7 Å². The molecular formula is C27H24N2O4. The molecule has 6 nitrogen and oxygen atoms in total. The normalized spacial score (nSPS) is 11.4. The monoisotopic (exact) mass is 440 g/mol. The van der Waals surface area contributed by atoms with E-state index in [4.69, 9.17) is 14.9 Å². The first-order valence-electron chi connectivity index (χ1n) is 10.4. The molecule has 0 aliphatic rings. The Morgan fingerprint density at radius 3 is 2.39 bits per heavy atom. The van der Waals surface area contributed by atoms with E-state index in [1.54, 1.807) is 37.6 Å². The van der Waals surface area contributed by atoms with Crippen LogP contribution in [0.1, 0.15) is 28.4 Å². The van der Waals surface area contributed by atoms with Crippen LogP contribution in [0.15, 0.2) is 77.4 Å². The second kappa shape index (κ2) is 9.04. The minimum Gasteiger partial charge on any atom is -0.496 e. The summed E-state index contributed by atoms with van der Waals surface area (Å²) in [6, 6.07) is 18.4. The second-order valence-corrected chi connectivity index (χ2v) is 7.73. The third kappa shape index (κ3) is 4.36. The molecule has 0 aliphatic carbocycles. The lowest BCUT2D eigenvalue weighted by molar-refractivity contribution is -0.111. The van der Waals surface area contributed by atoms with E-state index < -0.39 is 5.91 Å². The zero-order chi connectivity index (χ0) is 23.5. The maximum absolute atomic E-state index is 12.7. The van der Waals surface area contributed by atoms with Crippen molar-refractivity contribution in [1.29, 1.82) is 0 Å². The molecule has 0 aliphatic heterocycles. The summed E-state index contributed by atoms with van der Waals surface area (Å²) in [5.41, 5.74) is 11.4. The van der Waals surface area contributed by atoms with Crippen molar-refractivity contribution in [2.45, 2.75) is 13.8 Å². The van der Waals surface area contributed by atoms with E-state index in [0.29, 0.717) is 17.0 Å². The van der Waals surface area contributed by atoms with Crippen LogP contribution in [0.3, 0.4) is 0 Å². The molecule has 0 saturated heterocycles. The highest BCUT2D eigenvalue weighted by molar-refractivity contribution is 6.06. The van der Waals surface area contributed by atoms with Gasteiger partial charge >= 0.3 is 0 Å². The van der Waals surface area contributed by atoms with Crippen molar-refractivity contribution in [1.82, 2.24) is 0 Å². The van der Waals surface area contributed by atoms with Gasteiger partial charge in [-0.05, 0) is 55.3 Å². The largest absolute Gasteiger partial charge is 0.496 e. The standard InChI is InChI=1S/C27H24N2O4/c1-16(13-24(30)29-20-11-9-19(10-12-20)27(28)31)21-14-22-23(18-7-5-4-6-8-18)15-33-26(22)17(2)25(21)32-3/h4-15H,1-3H3,(H2,28,31)(H,29,30)/b16-13+. The summed E-state index contributed by atoms with van der Waals surface area (Å²) < 4.78 is 11.6. The molecule has 0 unspecified atom stereocenters. The van der Waals surface area contributed by atoms with Crippen LogP contribution in [-0.2, 0) is 4.79 Å². The van der Waals surface area contributed by atoms with Gasteiger partial charge in [0.1, 0.15) is 11.3 Å². The predicted molar refractivity (Wildman–Crippen MR) is 130 cm³/mol. The number of allylic oxidation sites excluding steroid dienone is 1. The molecule has 0 bridgehead atoms. The Balaban J connectivity index is 1.70. The number of ether oxygens (including phenoxy) is 1. The SMILES string of the molecule is COc1c(/C(C)=C/C(=O)Nc2ccc(C(N)=O)cc2)cc2c(-c3ccccc3)coc2c1C. The molecule has 1 heterocycles. The van der Waals surface area contributed by atoms with E-state index in [9.17, 15) is 9.59 Å². The lowest BCUT2D eigenvalue weighted by Gasteiger charge is -2.13. The predicted octanol–water partition coefficient (Wildman–Crippen LogP) is 5.56. The van der Waals surface area contributed by atoms with Crippen molar-refractivity contribution in [3.8, 4) is 16.9 Å². The number of rotatable bonds is 6. The summed E-state index contributed by atoms with van der Waals surface area (Å²) in [7, 11) is 1.60. The van der Waals surface area contributed by atoms with Crippen LogP contribution in [-0.4, -0.2) is 18.9 Å². The summed E-state index contributed by atoms with van der Waals surface area (Å²) in [5, 5.41) is 3.75. The molecular weight excluding hydrogens is 416 g/mol. The Bertz CT molecular complexity index is 1370. The number of amides is 2. The van der Waals surface area contributed by atoms with Gasteiger partial charge in [-0.3, -0.25) is 9.59 Å². The zero-order valence-electron chi connectivity index (χ0n) is 18.6. The van der Waals surface area contributed by atoms with E-state index in [0.717, 1.165) is 38.8 Å². The third-order valence-electron chi connectivity index (χ3n) is 5.54. The van der Waals surface area contributed by atoms with E-state index in [-0.39, 0.29) is 5.91 Å². The number of aryl methyl sites for hydroxylation is 1. The highest BCUT2D eigenvalue weighted by Crippen LogP contribution is 2.40. The number of carbonyl (C=O) groups is 2. The Labute approximate surface area is 191 Å².